The van der Waals surface area contributed by atoms with Crippen molar-refractivity contribution in [3.8, 4) is 23.5 Å². The van der Waals surface area contributed by atoms with Gasteiger partial charge in [-0.25, -0.2) is 4.79 Å². The lowest BCUT2D eigenvalue weighted by molar-refractivity contribution is -0.148. The molecule has 0 fully saturated rings. The van der Waals surface area contributed by atoms with E-state index in [9.17, 15) is 30.0 Å². The minimum absolute atomic E-state index is 0.0436. The molecule has 4 N–H and O–H groups in total. The molecule has 0 aliphatic carbocycles. The van der Waals surface area contributed by atoms with E-state index in [2.05, 4.69) is 13.8 Å². The zero-order valence-corrected chi connectivity index (χ0v) is 24.2. The first kappa shape index (κ1) is 30.5. The minimum Gasteiger partial charge on any atom is -0.494 e. The normalized spacial score (nSPS) is 13.1. The summed E-state index contributed by atoms with van der Waals surface area (Å²) in [5, 5.41) is 41.2. The average molecular weight is 539 g/mol. The van der Waals surface area contributed by atoms with Crippen LogP contribution in [0.5, 0.6) is 23.5 Å². The van der Waals surface area contributed by atoms with Crippen LogP contribution in [-0.2, 0) is 15.1 Å². The van der Waals surface area contributed by atoms with E-state index in [1.54, 1.807) is 6.92 Å². The largest absolute Gasteiger partial charge is 0.494 e. The molecule has 0 saturated carbocycles. The van der Waals surface area contributed by atoms with Crippen molar-refractivity contribution in [1.29, 1.82) is 0 Å². The standard InChI is InChI=1S/C27H42N2O7S/c1-17(30)26(6,7)14-25(4,5)16-37-18-12-21(33)28(23(18)35)27(8,9)15-24(2,3)13-22(34)36-29-19(31)10-11-20(29)32/h10-12,31-33,35H,13-16H2,1-9H3. The van der Waals surface area contributed by atoms with Gasteiger partial charge in [0, 0.05) is 34.9 Å². The van der Waals surface area contributed by atoms with Crippen LogP contribution in [0, 0.1) is 16.2 Å². The van der Waals surface area contributed by atoms with Crippen LogP contribution in [0.4, 0.5) is 0 Å². The molecule has 0 amide bonds. The number of carbonyl (C=O) groups excluding carboxylic acids is 2. The summed E-state index contributed by atoms with van der Waals surface area (Å²) < 4.78 is 2.11. The van der Waals surface area contributed by atoms with Crippen LogP contribution < -0.4 is 4.84 Å². The van der Waals surface area contributed by atoms with Crippen LogP contribution in [0.25, 0.3) is 0 Å². The highest BCUT2D eigenvalue weighted by Crippen LogP contribution is 2.46. The Balaban J connectivity index is 2.14. The van der Waals surface area contributed by atoms with Crippen molar-refractivity contribution >= 4 is 23.5 Å². The van der Waals surface area contributed by atoms with Gasteiger partial charge in [-0.3, -0.25) is 9.36 Å². The lowest BCUT2D eigenvalue weighted by Gasteiger charge is -2.36. The van der Waals surface area contributed by atoms with Crippen molar-refractivity contribution in [3.63, 3.8) is 0 Å². The van der Waals surface area contributed by atoms with E-state index in [4.69, 9.17) is 4.84 Å². The lowest BCUT2D eigenvalue weighted by atomic mass is 9.74. The minimum atomic E-state index is -0.777. The molecular weight excluding hydrogens is 496 g/mol. The molecule has 0 aliphatic heterocycles. The number of nitrogens with zero attached hydrogens (tertiary/aromatic N) is 2. The summed E-state index contributed by atoms with van der Waals surface area (Å²) in [4.78, 5) is 30.1. The van der Waals surface area contributed by atoms with Crippen LogP contribution in [0.2, 0.25) is 0 Å². The summed E-state index contributed by atoms with van der Waals surface area (Å²) in [6, 6.07) is 3.94. The molecule has 9 nitrogen and oxygen atoms in total. The average Bonchev–Trinajstić information content (AvgIpc) is 3.16. The fourth-order valence-corrected chi connectivity index (χ4v) is 6.20. The van der Waals surface area contributed by atoms with Gasteiger partial charge in [0.25, 0.3) is 0 Å². The summed E-state index contributed by atoms with van der Waals surface area (Å²) in [6.07, 6.45) is 1.03. The molecule has 2 rings (SSSR count). The Bertz CT molecular complexity index is 1120. The van der Waals surface area contributed by atoms with Gasteiger partial charge in [-0.05, 0) is 44.4 Å². The maximum absolute atomic E-state index is 12.5. The highest BCUT2D eigenvalue weighted by atomic mass is 32.2. The highest BCUT2D eigenvalue weighted by molar-refractivity contribution is 7.99. The molecule has 2 aromatic rings. The van der Waals surface area contributed by atoms with E-state index < -0.39 is 34.1 Å². The Morgan fingerprint density at radius 2 is 1.41 bits per heavy atom. The van der Waals surface area contributed by atoms with Gasteiger partial charge in [-0.15, -0.1) is 16.5 Å². The molecule has 10 heteroatoms. The van der Waals surface area contributed by atoms with Gasteiger partial charge in [0.05, 0.1) is 11.3 Å². The maximum Gasteiger partial charge on any atom is 0.333 e. The van der Waals surface area contributed by atoms with Crippen LogP contribution in [-0.4, -0.2) is 47.2 Å². The van der Waals surface area contributed by atoms with Crippen LogP contribution in [0.3, 0.4) is 0 Å². The molecule has 2 heterocycles. The number of carbonyl (C=O) groups is 2. The van der Waals surface area contributed by atoms with E-state index in [1.807, 2.05) is 41.5 Å². The Morgan fingerprint density at radius 1 is 0.865 bits per heavy atom. The molecule has 0 unspecified atom stereocenters. The van der Waals surface area contributed by atoms with Gasteiger partial charge in [-0.1, -0.05) is 41.5 Å². The van der Waals surface area contributed by atoms with Crippen molar-refractivity contribution in [2.75, 3.05) is 5.75 Å². The van der Waals surface area contributed by atoms with Crippen molar-refractivity contribution in [3.05, 3.63) is 18.2 Å². The van der Waals surface area contributed by atoms with Crippen LogP contribution >= 0.6 is 11.8 Å². The second-order valence-electron chi connectivity index (χ2n) is 12.7. The fraction of sp³-hybridized carbons (Fsp3) is 0.630. The molecule has 0 aliphatic rings. The third kappa shape index (κ3) is 7.63. The van der Waals surface area contributed by atoms with E-state index in [0.29, 0.717) is 28.2 Å². The molecule has 0 aromatic carbocycles. The Morgan fingerprint density at radius 3 is 1.92 bits per heavy atom. The predicted octanol–water partition coefficient (Wildman–Crippen LogP) is 5.43. The predicted molar refractivity (Wildman–Crippen MR) is 143 cm³/mol. The summed E-state index contributed by atoms with van der Waals surface area (Å²) >= 11 is 1.42. The monoisotopic (exact) mass is 538 g/mol. The second kappa shape index (κ2) is 10.6. The third-order valence-electron chi connectivity index (χ3n) is 6.54. The summed E-state index contributed by atoms with van der Waals surface area (Å²) in [5.74, 6) is -0.837. The van der Waals surface area contributed by atoms with Gasteiger partial charge >= 0.3 is 5.97 Å². The topological polar surface area (TPSA) is 134 Å². The second-order valence-corrected chi connectivity index (χ2v) is 13.8. The Labute approximate surface area is 223 Å². The SMILES string of the molecule is CC(=O)C(C)(C)CC(C)(C)CSc1cc(O)n(C(C)(C)CC(C)(C)CC(=O)On2c(O)ccc2O)c1O. The van der Waals surface area contributed by atoms with Gasteiger partial charge in [-0.2, -0.15) is 0 Å². The Hall–Kier alpha value is -2.75. The molecule has 0 bridgehead atoms. The van der Waals surface area contributed by atoms with Crippen molar-refractivity contribution in [2.45, 2.75) is 92.0 Å². The smallest absolute Gasteiger partial charge is 0.333 e. The third-order valence-corrected chi connectivity index (χ3v) is 8.08. The number of Topliss-reactive ketones (excluding diaryl/α,β-unsaturated/α-hetero) is 1. The number of aromatic nitrogens is 2. The maximum atomic E-state index is 12.5. The van der Waals surface area contributed by atoms with Crippen molar-refractivity contribution in [2.24, 2.45) is 16.2 Å². The summed E-state index contributed by atoms with van der Waals surface area (Å²) in [6.45, 7) is 17.1. The van der Waals surface area contributed by atoms with E-state index in [1.165, 1.54) is 34.5 Å². The fourth-order valence-electron chi connectivity index (χ4n) is 5.15. The number of thioether (sulfide) groups is 1. The summed E-state index contributed by atoms with van der Waals surface area (Å²) in [5.41, 5.74) is -2.05. The number of ketones is 1. The van der Waals surface area contributed by atoms with E-state index in [0.717, 1.165) is 0 Å². The number of hydrogen-bond donors (Lipinski definition) is 4. The molecule has 0 saturated heterocycles. The van der Waals surface area contributed by atoms with E-state index in [-0.39, 0.29) is 29.4 Å². The van der Waals surface area contributed by atoms with Gasteiger partial charge in [0.15, 0.2) is 5.88 Å². The van der Waals surface area contributed by atoms with Crippen LogP contribution in [0.15, 0.2) is 23.1 Å². The van der Waals surface area contributed by atoms with Crippen molar-refractivity contribution in [1.82, 2.24) is 9.30 Å². The van der Waals surface area contributed by atoms with Gasteiger partial charge < -0.3 is 25.3 Å². The molecule has 0 atom stereocenters. The Kier molecular flexibility index (Phi) is 8.69. The van der Waals surface area contributed by atoms with Crippen LogP contribution in [0.1, 0.15) is 81.6 Å². The molecule has 0 spiro atoms. The molecular formula is C27H42N2O7S. The first-order valence-corrected chi connectivity index (χ1v) is 13.2. The lowest BCUT2D eigenvalue weighted by Crippen LogP contribution is -2.34. The first-order valence-electron chi connectivity index (χ1n) is 12.3. The molecule has 208 valence electrons. The van der Waals surface area contributed by atoms with E-state index >= 15 is 0 Å². The zero-order chi connectivity index (χ0) is 28.6. The zero-order valence-electron chi connectivity index (χ0n) is 23.4. The summed E-state index contributed by atoms with van der Waals surface area (Å²) in [7, 11) is 0. The van der Waals surface area contributed by atoms with Crippen molar-refractivity contribution < 1.29 is 34.9 Å². The quantitative estimate of drug-likeness (QED) is 0.263. The number of rotatable bonds is 12. The molecule has 2 aromatic heterocycles. The number of aromatic hydroxyl groups is 4. The first-order chi connectivity index (χ1) is 16.7. The molecule has 37 heavy (non-hydrogen) atoms. The highest BCUT2D eigenvalue weighted by Gasteiger charge is 2.37. The van der Waals surface area contributed by atoms with Gasteiger partial charge in [0.2, 0.25) is 17.6 Å². The number of hydrogen-bond acceptors (Lipinski definition) is 8. The molecule has 0 radical (unpaired) electrons. The van der Waals surface area contributed by atoms with Gasteiger partial charge in [0.1, 0.15) is 5.78 Å².